The first kappa shape index (κ1) is 20.8. The lowest BCUT2D eigenvalue weighted by Crippen LogP contribution is -2.27. The van der Waals surface area contributed by atoms with Gasteiger partial charge in [-0.15, -0.1) is 0 Å². The zero-order valence-corrected chi connectivity index (χ0v) is 18.4. The number of benzene rings is 2. The van der Waals surface area contributed by atoms with Crippen molar-refractivity contribution in [2.45, 2.75) is 39.7 Å². The van der Waals surface area contributed by atoms with E-state index in [0.717, 1.165) is 23.8 Å². The number of carbonyl (C=O) groups excluding carboxylic acids is 1. The van der Waals surface area contributed by atoms with Crippen molar-refractivity contribution in [1.82, 2.24) is 9.97 Å². The lowest BCUT2D eigenvalue weighted by Gasteiger charge is -2.24. The molecule has 0 radical (unpaired) electrons. The molecule has 6 nitrogen and oxygen atoms in total. The number of unbranched alkanes of at least 4 members (excludes halogenated alkanes) is 1. The Hall–Kier alpha value is -3.41. The summed E-state index contributed by atoms with van der Waals surface area (Å²) in [7, 11) is 1.98. The number of anilines is 1. The van der Waals surface area contributed by atoms with E-state index in [2.05, 4.69) is 25.7 Å². The van der Waals surface area contributed by atoms with Gasteiger partial charge in [-0.1, -0.05) is 31.5 Å². The second kappa shape index (κ2) is 8.76. The standard InChI is InChI=1S/C25H27N3O3/c1-5-6-13-30-25(29)18-11-12-19-20(14-18)27-24(28(4)16(2)3)23(26-19)22-15-17-9-7-8-10-21(17)31-22/h7-12,14-16H,5-6,13H2,1-4H3. The molecule has 2 aromatic carbocycles. The number of aromatic nitrogens is 2. The highest BCUT2D eigenvalue weighted by molar-refractivity contribution is 5.95. The van der Waals surface area contributed by atoms with E-state index in [-0.39, 0.29) is 12.0 Å². The van der Waals surface area contributed by atoms with Gasteiger partial charge in [-0.25, -0.2) is 14.8 Å². The van der Waals surface area contributed by atoms with E-state index in [0.29, 0.717) is 40.5 Å². The molecular formula is C25H27N3O3. The Morgan fingerprint density at radius 2 is 1.90 bits per heavy atom. The monoisotopic (exact) mass is 417 g/mol. The van der Waals surface area contributed by atoms with Gasteiger partial charge in [0, 0.05) is 18.5 Å². The molecule has 6 heteroatoms. The van der Waals surface area contributed by atoms with Crippen LogP contribution in [0.5, 0.6) is 0 Å². The van der Waals surface area contributed by atoms with Gasteiger partial charge in [0.2, 0.25) is 0 Å². The number of hydrogen-bond acceptors (Lipinski definition) is 6. The lowest BCUT2D eigenvalue weighted by molar-refractivity contribution is 0.0500. The average Bonchev–Trinajstić information content (AvgIpc) is 3.21. The van der Waals surface area contributed by atoms with Crippen LogP contribution in [0.4, 0.5) is 5.82 Å². The summed E-state index contributed by atoms with van der Waals surface area (Å²) in [6.07, 6.45) is 1.83. The summed E-state index contributed by atoms with van der Waals surface area (Å²) in [5, 5.41) is 1.02. The summed E-state index contributed by atoms with van der Waals surface area (Å²) in [5.41, 5.74) is 3.31. The van der Waals surface area contributed by atoms with Gasteiger partial charge in [0.25, 0.3) is 0 Å². The first-order valence-electron chi connectivity index (χ1n) is 10.7. The Kier molecular flexibility index (Phi) is 5.89. The molecular weight excluding hydrogens is 390 g/mol. The summed E-state index contributed by atoms with van der Waals surface area (Å²) >= 11 is 0. The minimum atomic E-state index is -0.336. The third-order valence-corrected chi connectivity index (χ3v) is 5.38. The minimum Gasteiger partial charge on any atom is -0.462 e. The smallest absolute Gasteiger partial charge is 0.338 e. The summed E-state index contributed by atoms with van der Waals surface area (Å²) in [5.74, 6) is 1.04. The molecule has 4 aromatic rings. The number of furan rings is 1. The van der Waals surface area contributed by atoms with Crippen LogP contribution in [0.1, 0.15) is 44.0 Å². The number of para-hydroxylation sites is 1. The normalized spacial score (nSPS) is 11.4. The van der Waals surface area contributed by atoms with E-state index in [9.17, 15) is 4.79 Å². The maximum absolute atomic E-state index is 12.4. The second-order valence-corrected chi connectivity index (χ2v) is 7.94. The van der Waals surface area contributed by atoms with Gasteiger partial charge in [0.15, 0.2) is 11.6 Å². The zero-order chi connectivity index (χ0) is 22.0. The van der Waals surface area contributed by atoms with Crippen molar-refractivity contribution >= 4 is 33.8 Å². The largest absolute Gasteiger partial charge is 0.462 e. The van der Waals surface area contributed by atoms with Crippen molar-refractivity contribution in [3.8, 4) is 11.5 Å². The van der Waals surface area contributed by atoms with Crippen LogP contribution in [0, 0.1) is 0 Å². The molecule has 0 atom stereocenters. The van der Waals surface area contributed by atoms with Crippen molar-refractivity contribution in [2.24, 2.45) is 0 Å². The Morgan fingerprint density at radius 3 is 2.65 bits per heavy atom. The number of fused-ring (bicyclic) bond motifs is 2. The molecule has 2 aromatic heterocycles. The molecule has 4 rings (SSSR count). The highest BCUT2D eigenvalue weighted by atomic mass is 16.5. The fourth-order valence-corrected chi connectivity index (χ4v) is 3.32. The molecule has 2 heterocycles. The van der Waals surface area contributed by atoms with Gasteiger partial charge in [-0.2, -0.15) is 0 Å². The minimum absolute atomic E-state index is 0.206. The molecule has 0 aliphatic rings. The molecule has 0 bridgehead atoms. The summed E-state index contributed by atoms with van der Waals surface area (Å²) in [4.78, 5) is 24.2. The van der Waals surface area contributed by atoms with Crippen LogP contribution in [-0.2, 0) is 4.74 Å². The van der Waals surface area contributed by atoms with Crippen LogP contribution in [0.25, 0.3) is 33.5 Å². The van der Waals surface area contributed by atoms with E-state index in [1.165, 1.54) is 0 Å². The Bertz CT molecular complexity index is 1200. The molecule has 0 unspecified atom stereocenters. The third kappa shape index (κ3) is 4.24. The maximum Gasteiger partial charge on any atom is 0.338 e. The summed E-state index contributed by atoms with van der Waals surface area (Å²) in [6.45, 7) is 6.67. The SMILES string of the molecule is CCCCOC(=O)c1ccc2nc(-c3cc4ccccc4o3)c(N(C)C(C)C)nc2c1. The second-order valence-electron chi connectivity index (χ2n) is 7.94. The van der Waals surface area contributed by atoms with Crippen LogP contribution in [-0.4, -0.2) is 35.6 Å². The maximum atomic E-state index is 12.4. The van der Waals surface area contributed by atoms with Gasteiger partial charge >= 0.3 is 5.97 Å². The zero-order valence-electron chi connectivity index (χ0n) is 18.4. The Labute approximate surface area is 181 Å². The number of carbonyl (C=O) groups is 1. The number of ether oxygens (including phenoxy) is 1. The molecule has 0 N–H and O–H groups in total. The topological polar surface area (TPSA) is 68.5 Å². The fraction of sp³-hybridized carbons (Fsp3) is 0.320. The highest BCUT2D eigenvalue weighted by Gasteiger charge is 2.20. The van der Waals surface area contributed by atoms with Gasteiger partial charge in [-0.3, -0.25) is 0 Å². The number of esters is 1. The first-order valence-corrected chi connectivity index (χ1v) is 10.7. The molecule has 160 valence electrons. The number of hydrogen-bond donors (Lipinski definition) is 0. The van der Waals surface area contributed by atoms with Crippen LogP contribution in [0.15, 0.2) is 52.9 Å². The predicted octanol–water partition coefficient (Wildman–Crippen LogP) is 5.84. The van der Waals surface area contributed by atoms with Gasteiger partial charge < -0.3 is 14.1 Å². The predicted molar refractivity (Wildman–Crippen MR) is 123 cm³/mol. The van der Waals surface area contributed by atoms with Crippen molar-refractivity contribution in [3.05, 3.63) is 54.1 Å². The molecule has 0 saturated carbocycles. The van der Waals surface area contributed by atoms with Gasteiger partial charge in [-0.05, 0) is 50.6 Å². The van der Waals surface area contributed by atoms with Gasteiger partial charge in [0.1, 0.15) is 11.3 Å². The van der Waals surface area contributed by atoms with Crippen molar-refractivity contribution in [3.63, 3.8) is 0 Å². The molecule has 0 saturated heterocycles. The van der Waals surface area contributed by atoms with E-state index in [4.69, 9.17) is 19.1 Å². The number of nitrogens with zero attached hydrogens (tertiary/aromatic N) is 3. The summed E-state index contributed by atoms with van der Waals surface area (Å²) in [6, 6.07) is 15.4. The van der Waals surface area contributed by atoms with Crippen LogP contribution < -0.4 is 4.90 Å². The van der Waals surface area contributed by atoms with Crippen molar-refractivity contribution in [2.75, 3.05) is 18.6 Å². The van der Waals surface area contributed by atoms with Crippen molar-refractivity contribution in [1.29, 1.82) is 0 Å². The molecule has 0 aliphatic heterocycles. The molecule has 0 fully saturated rings. The molecule has 31 heavy (non-hydrogen) atoms. The van der Waals surface area contributed by atoms with E-state index in [1.807, 2.05) is 43.4 Å². The van der Waals surface area contributed by atoms with Crippen LogP contribution in [0.3, 0.4) is 0 Å². The average molecular weight is 418 g/mol. The van der Waals surface area contributed by atoms with E-state index in [1.54, 1.807) is 12.1 Å². The quantitative estimate of drug-likeness (QED) is 0.278. The van der Waals surface area contributed by atoms with E-state index >= 15 is 0 Å². The Morgan fingerprint density at radius 1 is 1.10 bits per heavy atom. The lowest BCUT2D eigenvalue weighted by atomic mass is 10.1. The van der Waals surface area contributed by atoms with E-state index < -0.39 is 0 Å². The fourth-order valence-electron chi connectivity index (χ4n) is 3.32. The molecule has 0 amide bonds. The molecule has 0 aliphatic carbocycles. The molecule has 0 spiro atoms. The third-order valence-electron chi connectivity index (χ3n) is 5.38. The van der Waals surface area contributed by atoms with Crippen LogP contribution in [0.2, 0.25) is 0 Å². The van der Waals surface area contributed by atoms with Crippen molar-refractivity contribution < 1.29 is 13.9 Å². The van der Waals surface area contributed by atoms with Gasteiger partial charge in [0.05, 0.1) is 23.2 Å². The summed E-state index contributed by atoms with van der Waals surface area (Å²) < 4.78 is 11.4. The number of rotatable bonds is 7. The highest BCUT2D eigenvalue weighted by Crippen LogP contribution is 2.34. The Balaban J connectivity index is 1.81. The first-order chi connectivity index (χ1) is 15.0. The van der Waals surface area contributed by atoms with Crippen LogP contribution >= 0.6 is 0 Å².